The molecule has 0 aliphatic carbocycles. The second-order valence-electron chi connectivity index (χ2n) is 3.23. The van der Waals surface area contributed by atoms with Crippen molar-refractivity contribution >= 4 is 35.3 Å². The molecule has 0 unspecified atom stereocenters. The van der Waals surface area contributed by atoms with Gasteiger partial charge in [-0.3, -0.25) is 9.59 Å². The summed E-state index contributed by atoms with van der Waals surface area (Å²) in [7, 11) is 1.47. The molecule has 0 atom stereocenters. The van der Waals surface area contributed by atoms with E-state index in [4.69, 9.17) is 5.11 Å². The number of carbonyl (C=O) groups excluding carboxylic acids is 2. The van der Waals surface area contributed by atoms with Gasteiger partial charge in [0.1, 0.15) is 0 Å². The largest absolute Gasteiger partial charge is 0.478 e. The predicted octanol–water partition coefficient (Wildman–Crippen LogP) is 1.40. The lowest BCUT2D eigenvalue weighted by Crippen LogP contribution is -2.18. The van der Waals surface area contributed by atoms with Gasteiger partial charge in [0.25, 0.3) is 5.91 Å². The summed E-state index contributed by atoms with van der Waals surface area (Å²) < 4.78 is 0. The third-order valence-electron chi connectivity index (χ3n) is 2.08. The average molecular weight is 265 g/mol. The first kappa shape index (κ1) is 14.0. The van der Waals surface area contributed by atoms with Crippen LogP contribution in [0.3, 0.4) is 0 Å². The summed E-state index contributed by atoms with van der Waals surface area (Å²) in [6.07, 6.45) is 1.52. The first-order valence-electron chi connectivity index (χ1n) is 4.96. The minimum atomic E-state index is -1.01. The highest BCUT2D eigenvalue weighted by Crippen LogP contribution is 2.17. The van der Waals surface area contributed by atoms with Crippen molar-refractivity contribution in [2.75, 3.05) is 7.05 Å². The van der Waals surface area contributed by atoms with Crippen LogP contribution in [0.4, 0.5) is 0 Å². The van der Waals surface area contributed by atoms with Crippen LogP contribution in [-0.2, 0) is 9.59 Å². The molecule has 0 radical (unpaired) electrons. The highest BCUT2D eigenvalue weighted by molar-refractivity contribution is 8.16. The molecule has 5 nitrogen and oxygen atoms in total. The van der Waals surface area contributed by atoms with E-state index >= 15 is 0 Å². The molecule has 1 aromatic rings. The molecular formula is C12H11NO4S. The van der Waals surface area contributed by atoms with Crippen LogP contribution in [0.15, 0.2) is 29.2 Å². The topological polar surface area (TPSA) is 83.5 Å². The van der Waals surface area contributed by atoms with Crippen LogP contribution in [0, 0.1) is 0 Å². The zero-order valence-electron chi connectivity index (χ0n) is 9.54. The molecule has 0 aliphatic rings. The highest BCUT2D eigenvalue weighted by Gasteiger charge is 2.08. The maximum Gasteiger partial charge on any atom is 0.335 e. The highest BCUT2D eigenvalue weighted by atomic mass is 32.2. The van der Waals surface area contributed by atoms with E-state index in [1.807, 2.05) is 0 Å². The number of rotatable bonds is 5. The molecule has 0 aromatic heterocycles. The minimum absolute atomic E-state index is 0.164. The van der Waals surface area contributed by atoms with Gasteiger partial charge in [0.2, 0.25) is 0 Å². The fourth-order valence-corrected chi connectivity index (χ4v) is 1.72. The Bertz CT molecular complexity index is 493. The van der Waals surface area contributed by atoms with E-state index in [9.17, 15) is 14.4 Å². The molecule has 1 amide bonds. The van der Waals surface area contributed by atoms with Crippen LogP contribution in [0.2, 0.25) is 0 Å². The van der Waals surface area contributed by atoms with Gasteiger partial charge in [-0.15, -0.1) is 0 Å². The number of hydrogen-bond donors (Lipinski definition) is 2. The van der Waals surface area contributed by atoms with E-state index in [-0.39, 0.29) is 16.4 Å². The van der Waals surface area contributed by atoms with Gasteiger partial charge in [-0.25, -0.2) is 4.79 Å². The van der Waals surface area contributed by atoms with Crippen molar-refractivity contribution in [3.63, 3.8) is 0 Å². The molecule has 1 rings (SSSR count). The Hall–Kier alpha value is -2.08. The molecule has 0 spiro atoms. The van der Waals surface area contributed by atoms with Crippen molar-refractivity contribution in [1.82, 2.24) is 5.32 Å². The van der Waals surface area contributed by atoms with Gasteiger partial charge in [-0.2, -0.15) is 0 Å². The molecule has 94 valence electrons. The maximum absolute atomic E-state index is 11.4. The van der Waals surface area contributed by atoms with Crippen molar-refractivity contribution in [2.24, 2.45) is 0 Å². The number of amides is 1. The Morgan fingerprint density at radius 2 is 1.89 bits per heavy atom. The molecular weight excluding hydrogens is 254 g/mol. The second kappa shape index (κ2) is 6.61. The molecule has 0 fully saturated rings. The lowest BCUT2D eigenvalue weighted by molar-refractivity contribution is -0.116. The smallest absolute Gasteiger partial charge is 0.335 e. The summed E-state index contributed by atoms with van der Waals surface area (Å²) in [6.45, 7) is 0. The molecule has 0 heterocycles. The summed E-state index contributed by atoms with van der Waals surface area (Å²) in [5.74, 6) is -1.38. The van der Waals surface area contributed by atoms with Gasteiger partial charge in [-0.05, 0) is 35.5 Å². The third kappa shape index (κ3) is 3.74. The molecule has 0 aliphatic heterocycles. The van der Waals surface area contributed by atoms with Crippen molar-refractivity contribution in [2.45, 2.75) is 0 Å². The number of likely N-dealkylation sites (N-methyl/N-ethyl adjacent to an activating group) is 1. The first-order chi connectivity index (χ1) is 8.58. The molecule has 2 N–H and O–H groups in total. The van der Waals surface area contributed by atoms with E-state index < -0.39 is 5.97 Å². The van der Waals surface area contributed by atoms with E-state index in [0.29, 0.717) is 11.2 Å². The van der Waals surface area contributed by atoms with Gasteiger partial charge in [0.05, 0.1) is 10.5 Å². The SMILES string of the molecule is CNC(=O)/C(=C/c1ccc(C(=O)O)cc1)SC=O. The van der Waals surface area contributed by atoms with Gasteiger partial charge in [-0.1, -0.05) is 12.1 Å². The number of benzene rings is 1. The predicted molar refractivity (Wildman–Crippen MR) is 69.8 cm³/mol. The molecule has 1 aromatic carbocycles. The monoisotopic (exact) mass is 265 g/mol. The summed E-state index contributed by atoms with van der Waals surface area (Å²) >= 11 is 0.767. The third-order valence-corrected chi connectivity index (χ3v) is 2.73. The number of hydrogen-bond acceptors (Lipinski definition) is 4. The first-order valence-corrected chi connectivity index (χ1v) is 5.84. The van der Waals surface area contributed by atoms with E-state index in [1.165, 1.54) is 25.3 Å². The van der Waals surface area contributed by atoms with Crippen LogP contribution in [0.1, 0.15) is 15.9 Å². The van der Waals surface area contributed by atoms with E-state index in [2.05, 4.69) is 5.32 Å². The van der Waals surface area contributed by atoms with Gasteiger partial charge >= 0.3 is 5.97 Å². The Kier molecular flexibility index (Phi) is 5.13. The summed E-state index contributed by atoms with van der Waals surface area (Å²) in [5, 5.41) is 11.2. The van der Waals surface area contributed by atoms with Gasteiger partial charge in [0, 0.05) is 7.05 Å². The lowest BCUT2D eigenvalue weighted by atomic mass is 10.1. The van der Waals surface area contributed by atoms with E-state index in [1.54, 1.807) is 12.1 Å². The van der Waals surface area contributed by atoms with Crippen LogP contribution in [0.25, 0.3) is 6.08 Å². The average Bonchev–Trinajstić information content (AvgIpc) is 2.38. The number of carboxylic acids is 1. The zero-order chi connectivity index (χ0) is 13.5. The molecule has 0 saturated carbocycles. The summed E-state index contributed by atoms with van der Waals surface area (Å²) in [4.78, 5) is 32.8. The van der Waals surface area contributed by atoms with Crippen LogP contribution >= 0.6 is 11.8 Å². The fraction of sp³-hybridized carbons (Fsp3) is 0.0833. The van der Waals surface area contributed by atoms with Gasteiger partial charge < -0.3 is 10.4 Å². The molecule has 0 saturated heterocycles. The quantitative estimate of drug-likeness (QED) is 0.621. The Morgan fingerprint density at radius 3 is 2.33 bits per heavy atom. The van der Waals surface area contributed by atoms with Crippen molar-refractivity contribution in [1.29, 1.82) is 0 Å². The fourth-order valence-electron chi connectivity index (χ4n) is 1.20. The number of thioether (sulfide) groups is 1. The van der Waals surface area contributed by atoms with Crippen molar-refractivity contribution in [3.8, 4) is 0 Å². The van der Waals surface area contributed by atoms with Crippen LogP contribution < -0.4 is 5.32 Å². The molecule has 0 bridgehead atoms. The Morgan fingerprint density at radius 1 is 1.28 bits per heavy atom. The standard InChI is InChI=1S/C12H11NO4S/c1-13-11(15)10(18-7-14)6-8-2-4-9(5-3-8)12(16)17/h2-7H,1H3,(H,13,15)(H,16,17)/b10-6-. The lowest BCUT2D eigenvalue weighted by Gasteiger charge is -2.02. The Balaban J connectivity index is 3.00. The van der Waals surface area contributed by atoms with E-state index in [0.717, 1.165) is 11.8 Å². The number of carboxylic acid groups (broad SMARTS) is 1. The molecule has 6 heteroatoms. The van der Waals surface area contributed by atoms with Gasteiger partial charge in [0.15, 0.2) is 5.62 Å². The van der Waals surface area contributed by atoms with Crippen molar-refractivity contribution in [3.05, 3.63) is 40.3 Å². The number of aromatic carboxylic acids is 1. The van der Waals surface area contributed by atoms with Crippen LogP contribution in [0.5, 0.6) is 0 Å². The number of nitrogens with one attached hydrogen (secondary N) is 1. The summed E-state index contributed by atoms with van der Waals surface area (Å²) in [6, 6.07) is 6.00. The minimum Gasteiger partial charge on any atom is -0.478 e. The van der Waals surface area contributed by atoms with Crippen LogP contribution in [-0.4, -0.2) is 29.6 Å². The normalized spacial score (nSPS) is 10.8. The summed E-state index contributed by atoms with van der Waals surface area (Å²) in [5.41, 5.74) is 1.37. The molecule has 18 heavy (non-hydrogen) atoms. The second-order valence-corrected chi connectivity index (χ2v) is 4.10. The van der Waals surface area contributed by atoms with Crippen molar-refractivity contribution < 1.29 is 19.5 Å². The maximum atomic E-state index is 11.4. The number of carbonyl (C=O) groups is 3. The Labute approximate surface area is 108 Å². The zero-order valence-corrected chi connectivity index (χ0v) is 10.4.